The van der Waals surface area contributed by atoms with Gasteiger partial charge in [0.15, 0.2) is 0 Å². The number of para-hydroxylation sites is 3. The molecule has 0 aliphatic carbocycles. The third kappa shape index (κ3) is 2.11. The molecular formula is C20H21N3. The van der Waals surface area contributed by atoms with Gasteiger partial charge in [0.1, 0.15) is 11.5 Å². The number of benzene rings is 2. The highest BCUT2D eigenvalue weighted by Gasteiger charge is 2.27. The van der Waals surface area contributed by atoms with E-state index in [2.05, 4.69) is 68.5 Å². The van der Waals surface area contributed by atoms with Gasteiger partial charge in [0.05, 0.1) is 16.6 Å². The van der Waals surface area contributed by atoms with Crippen LogP contribution in [0.2, 0.25) is 0 Å². The van der Waals surface area contributed by atoms with Crippen LogP contribution in [0, 0.1) is 5.41 Å². The molecule has 0 bridgehead atoms. The number of aromatic nitrogens is 3. The number of nitrogens with zero attached hydrogens (tertiary/aromatic N) is 3. The first-order valence-electron chi connectivity index (χ1n) is 8.12. The van der Waals surface area contributed by atoms with Gasteiger partial charge in [-0.3, -0.25) is 4.40 Å². The van der Waals surface area contributed by atoms with Gasteiger partial charge in [-0.1, -0.05) is 52.0 Å². The van der Waals surface area contributed by atoms with E-state index in [9.17, 15) is 0 Å². The Balaban J connectivity index is 2.22. The Kier molecular flexibility index (Phi) is 2.95. The van der Waals surface area contributed by atoms with Crippen LogP contribution in [0.4, 0.5) is 0 Å². The molecule has 0 radical (unpaired) electrons. The zero-order valence-electron chi connectivity index (χ0n) is 14.0. The molecule has 0 saturated heterocycles. The van der Waals surface area contributed by atoms with Gasteiger partial charge < -0.3 is 0 Å². The van der Waals surface area contributed by atoms with Crippen LogP contribution in [-0.2, 0) is 0 Å². The molecule has 2 heterocycles. The lowest BCUT2D eigenvalue weighted by molar-refractivity contribution is 0.327. The second-order valence-electron chi connectivity index (χ2n) is 7.33. The summed E-state index contributed by atoms with van der Waals surface area (Å²) in [5.41, 5.74) is 4.30. The topological polar surface area (TPSA) is 30.2 Å². The van der Waals surface area contributed by atoms with Gasteiger partial charge in [0.25, 0.3) is 0 Å². The van der Waals surface area contributed by atoms with Crippen molar-refractivity contribution in [1.82, 2.24) is 14.4 Å². The van der Waals surface area contributed by atoms with E-state index in [1.807, 2.05) is 12.1 Å². The summed E-state index contributed by atoms with van der Waals surface area (Å²) in [5.74, 6) is 1.40. The van der Waals surface area contributed by atoms with Crippen molar-refractivity contribution in [2.45, 2.75) is 33.6 Å². The quantitative estimate of drug-likeness (QED) is 0.484. The molecule has 3 heteroatoms. The van der Waals surface area contributed by atoms with Crippen LogP contribution >= 0.6 is 0 Å². The minimum atomic E-state index is 0.133. The predicted molar refractivity (Wildman–Crippen MR) is 95.9 cm³/mol. The lowest BCUT2D eigenvalue weighted by atomic mass is 9.81. The SMILES string of the molecule is CC(c1nc2ccccc2c2nc3ccccc3n12)C(C)(C)C. The molecule has 4 rings (SSSR count). The van der Waals surface area contributed by atoms with E-state index in [-0.39, 0.29) is 5.41 Å². The van der Waals surface area contributed by atoms with Crippen LogP contribution < -0.4 is 0 Å². The molecule has 0 aliphatic rings. The molecular weight excluding hydrogens is 282 g/mol. The maximum atomic E-state index is 5.02. The van der Waals surface area contributed by atoms with E-state index in [1.165, 1.54) is 0 Å². The Bertz CT molecular complexity index is 1020. The van der Waals surface area contributed by atoms with Crippen molar-refractivity contribution in [1.29, 1.82) is 0 Å². The van der Waals surface area contributed by atoms with Crippen molar-refractivity contribution in [2.24, 2.45) is 5.41 Å². The highest BCUT2D eigenvalue weighted by atomic mass is 15.1. The van der Waals surface area contributed by atoms with Crippen LogP contribution in [0.5, 0.6) is 0 Å². The molecule has 0 amide bonds. The third-order valence-electron chi connectivity index (χ3n) is 4.86. The zero-order valence-corrected chi connectivity index (χ0v) is 14.0. The molecule has 4 aromatic rings. The standard InChI is InChI=1S/C20H21N3/c1-13(20(2,3)4)18-21-15-10-6-5-9-14(15)19-22-16-11-7-8-12-17(16)23(18)19/h5-13H,1-4H3. The first kappa shape index (κ1) is 14.2. The third-order valence-corrected chi connectivity index (χ3v) is 4.86. The fourth-order valence-corrected chi connectivity index (χ4v) is 3.05. The highest BCUT2D eigenvalue weighted by Crippen LogP contribution is 2.36. The number of rotatable bonds is 1. The summed E-state index contributed by atoms with van der Waals surface area (Å²) >= 11 is 0. The maximum absolute atomic E-state index is 5.02. The summed E-state index contributed by atoms with van der Waals surface area (Å²) in [6.45, 7) is 9.05. The van der Waals surface area contributed by atoms with Crippen molar-refractivity contribution < 1.29 is 0 Å². The van der Waals surface area contributed by atoms with Gasteiger partial charge >= 0.3 is 0 Å². The van der Waals surface area contributed by atoms with Gasteiger partial charge in [0, 0.05) is 11.3 Å². The van der Waals surface area contributed by atoms with Crippen LogP contribution in [0.25, 0.3) is 27.6 Å². The van der Waals surface area contributed by atoms with Crippen molar-refractivity contribution >= 4 is 27.6 Å². The zero-order chi connectivity index (χ0) is 16.2. The molecule has 3 nitrogen and oxygen atoms in total. The van der Waals surface area contributed by atoms with E-state index < -0.39 is 0 Å². The Morgan fingerprint density at radius 1 is 0.870 bits per heavy atom. The van der Waals surface area contributed by atoms with Crippen molar-refractivity contribution in [3.63, 3.8) is 0 Å². The van der Waals surface area contributed by atoms with Crippen molar-refractivity contribution in [2.75, 3.05) is 0 Å². The highest BCUT2D eigenvalue weighted by molar-refractivity contribution is 5.96. The lowest BCUT2D eigenvalue weighted by Gasteiger charge is -2.27. The predicted octanol–water partition coefficient (Wildman–Crippen LogP) is 5.19. The Hall–Kier alpha value is -2.42. The van der Waals surface area contributed by atoms with Crippen LogP contribution in [0.3, 0.4) is 0 Å². The van der Waals surface area contributed by atoms with E-state index in [0.29, 0.717) is 5.92 Å². The summed E-state index contributed by atoms with van der Waals surface area (Å²) in [7, 11) is 0. The maximum Gasteiger partial charge on any atom is 0.148 e. The fourth-order valence-electron chi connectivity index (χ4n) is 3.05. The molecule has 116 valence electrons. The fraction of sp³-hybridized carbons (Fsp3) is 0.300. The van der Waals surface area contributed by atoms with Gasteiger partial charge in [-0.2, -0.15) is 0 Å². The minimum Gasteiger partial charge on any atom is -0.279 e. The number of fused-ring (bicyclic) bond motifs is 5. The monoisotopic (exact) mass is 303 g/mol. The molecule has 0 aliphatic heterocycles. The second-order valence-corrected chi connectivity index (χ2v) is 7.33. The van der Waals surface area contributed by atoms with E-state index in [4.69, 9.17) is 9.97 Å². The Morgan fingerprint density at radius 2 is 1.52 bits per heavy atom. The number of hydrogen-bond donors (Lipinski definition) is 0. The molecule has 1 atom stereocenters. The first-order chi connectivity index (χ1) is 11.0. The van der Waals surface area contributed by atoms with Crippen LogP contribution in [-0.4, -0.2) is 14.4 Å². The van der Waals surface area contributed by atoms with Crippen molar-refractivity contribution in [3.05, 3.63) is 54.4 Å². The number of hydrogen-bond acceptors (Lipinski definition) is 2. The molecule has 0 fully saturated rings. The van der Waals surface area contributed by atoms with Crippen LogP contribution in [0.1, 0.15) is 39.4 Å². The lowest BCUT2D eigenvalue weighted by Crippen LogP contribution is -2.19. The minimum absolute atomic E-state index is 0.133. The molecule has 0 saturated carbocycles. The van der Waals surface area contributed by atoms with Crippen molar-refractivity contribution in [3.8, 4) is 0 Å². The summed E-state index contributed by atoms with van der Waals surface area (Å²) in [5, 5.41) is 1.11. The summed E-state index contributed by atoms with van der Waals surface area (Å²) in [6, 6.07) is 16.6. The van der Waals surface area contributed by atoms with Crippen LogP contribution in [0.15, 0.2) is 48.5 Å². The van der Waals surface area contributed by atoms with Gasteiger partial charge in [-0.05, 0) is 29.7 Å². The van der Waals surface area contributed by atoms with Gasteiger partial charge in [-0.25, -0.2) is 9.97 Å². The smallest absolute Gasteiger partial charge is 0.148 e. The second kappa shape index (κ2) is 4.79. The Labute approximate surface area is 136 Å². The van der Waals surface area contributed by atoms with Gasteiger partial charge in [0.2, 0.25) is 0 Å². The largest absolute Gasteiger partial charge is 0.279 e. The summed E-state index contributed by atoms with van der Waals surface area (Å²) in [4.78, 5) is 9.91. The molecule has 1 unspecified atom stereocenters. The molecule has 2 aromatic heterocycles. The summed E-state index contributed by atoms with van der Waals surface area (Å²) in [6.07, 6.45) is 0. The Morgan fingerprint density at radius 3 is 2.26 bits per heavy atom. The van der Waals surface area contributed by atoms with E-state index in [0.717, 1.165) is 33.4 Å². The average molecular weight is 303 g/mol. The van der Waals surface area contributed by atoms with Gasteiger partial charge in [-0.15, -0.1) is 0 Å². The molecule has 23 heavy (non-hydrogen) atoms. The number of imidazole rings is 1. The van der Waals surface area contributed by atoms with E-state index in [1.54, 1.807) is 0 Å². The summed E-state index contributed by atoms with van der Waals surface area (Å²) < 4.78 is 2.24. The first-order valence-corrected chi connectivity index (χ1v) is 8.12. The molecule has 0 N–H and O–H groups in total. The van der Waals surface area contributed by atoms with E-state index >= 15 is 0 Å². The molecule has 2 aromatic carbocycles. The normalized spacial score (nSPS) is 13.9. The average Bonchev–Trinajstić information content (AvgIpc) is 2.92. The molecule has 0 spiro atoms.